The van der Waals surface area contributed by atoms with E-state index in [1.165, 1.54) is 19.2 Å². The fraction of sp³-hybridized carbons (Fsp3) is 0.462. The summed E-state index contributed by atoms with van der Waals surface area (Å²) in [5.41, 5.74) is 1.93. The molecule has 4 heteroatoms. The second-order valence-corrected chi connectivity index (χ2v) is 4.79. The summed E-state index contributed by atoms with van der Waals surface area (Å²) in [6.45, 7) is 4.49. The van der Waals surface area contributed by atoms with Crippen LogP contribution < -0.4 is 0 Å². The number of hydrogen-bond acceptors (Lipinski definition) is 2. The molecule has 1 aliphatic heterocycles. The van der Waals surface area contributed by atoms with Gasteiger partial charge in [-0.25, -0.2) is 9.37 Å². The van der Waals surface area contributed by atoms with E-state index in [0.29, 0.717) is 6.04 Å². The van der Waals surface area contributed by atoms with E-state index in [4.69, 9.17) is 0 Å². The van der Waals surface area contributed by atoms with E-state index in [1.807, 2.05) is 6.20 Å². The highest BCUT2D eigenvalue weighted by atomic mass is 19.1. The van der Waals surface area contributed by atoms with Gasteiger partial charge in [0.1, 0.15) is 11.5 Å². The van der Waals surface area contributed by atoms with Gasteiger partial charge in [-0.3, -0.25) is 0 Å². The Hall–Kier alpha value is -1.42. The molecule has 1 fully saturated rings. The zero-order valence-corrected chi connectivity index (χ0v) is 9.91. The molecule has 17 heavy (non-hydrogen) atoms. The van der Waals surface area contributed by atoms with Gasteiger partial charge < -0.3 is 9.88 Å². The molecule has 1 saturated heterocycles. The molecular weight excluding hydrogens is 217 g/mol. The van der Waals surface area contributed by atoms with Crippen LogP contribution in [0.2, 0.25) is 0 Å². The Bertz CT molecular complexity index is 534. The largest absolute Gasteiger partial charge is 0.346 e. The standard InChI is InChI=1S/C13H16FN3/c1-9-2-4-17(9)5-3-10-7-15-13-12(10)6-11(14)8-16-13/h6-9H,2-5H2,1H3,(H,15,16). The first-order valence-electron chi connectivity index (χ1n) is 6.09. The van der Waals surface area contributed by atoms with Crippen LogP contribution in [0.5, 0.6) is 0 Å². The van der Waals surface area contributed by atoms with Crippen LogP contribution in [-0.2, 0) is 6.42 Å². The number of fused-ring (bicyclic) bond motifs is 1. The van der Waals surface area contributed by atoms with E-state index >= 15 is 0 Å². The van der Waals surface area contributed by atoms with Crippen LogP contribution in [0, 0.1) is 5.82 Å². The maximum Gasteiger partial charge on any atom is 0.142 e. The average Bonchev–Trinajstić information content (AvgIpc) is 2.70. The molecule has 0 saturated carbocycles. The van der Waals surface area contributed by atoms with E-state index in [2.05, 4.69) is 21.8 Å². The fourth-order valence-corrected chi connectivity index (χ4v) is 2.41. The summed E-state index contributed by atoms with van der Waals surface area (Å²) in [6, 6.07) is 2.27. The number of hydrogen-bond donors (Lipinski definition) is 1. The zero-order chi connectivity index (χ0) is 11.8. The van der Waals surface area contributed by atoms with Crippen LogP contribution in [-0.4, -0.2) is 34.0 Å². The monoisotopic (exact) mass is 233 g/mol. The van der Waals surface area contributed by atoms with E-state index in [1.54, 1.807) is 6.07 Å². The third-order valence-electron chi connectivity index (χ3n) is 3.71. The summed E-state index contributed by atoms with van der Waals surface area (Å²) in [7, 11) is 0. The van der Waals surface area contributed by atoms with Gasteiger partial charge in [-0.1, -0.05) is 0 Å². The third kappa shape index (κ3) is 1.93. The number of rotatable bonds is 3. The maximum atomic E-state index is 13.1. The lowest BCUT2D eigenvalue weighted by molar-refractivity contribution is 0.107. The molecule has 1 atom stereocenters. The number of pyridine rings is 1. The summed E-state index contributed by atoms with van der Waals surface area (Å²) in [4.78, 5) is 9.57. The van der Waals surface area contributed by atoms with Crippen molar-refractivity contribution in [2.75, 3.05) is 13.1 Å². The van der Waals surface area contributed by atoms with Gasteiger partial charge >= 0.3 is 0 Å². The van der Waals surface area contributed by atoms with Gasteiger partial charge in [0.25, 0.3) is 0 Å². The van der Waals surface area contributed by atoms with Gasteiger partial charge in [0.2, 0.25) is 0 Å². The van der Waals surface area contributed by atoms with Gasteiger partial charge in [0.05, 0.1) is 6.20 Å². The molecule has 3 heterocycles. The van der Waals surface area contributed by atoms with Crippen LogP contribution in [0.4, 0.5) is 4.39 Å². The first-order chi connectivity index (χ1) is 8.24. The number of likely N-dealkylation sites (tertiary alicyclic amines) is 1. The Morgan fingerprint density at radius 2 is 2.47 bits per heavy atom. The van der Waals surface area contributed by atoms with Gasteiger partial charge in [-0.15, -0.1) is 0 Å². The Morgan fingerprint density at radius 1 is 1.59 bits per heavy atom. The number of aromatic amines is 1. The summed E-state index contributed by atoms with van der Waals surface area (Å²) in [5, 5.41) is 0.915. The Balaban J connectivity index is 1.78. The molecule has 0 amide bonds. The van der Waals surface area contributed by atoms with Crippen molar-refractivity contribution < 1.29 is 4.39 Å². The number of nitrogens with one attached hydrogen (secondary N) is 1. The summed E-state index contributed by atoms with van der Waals surface area (Å²) >= 11 is 0. The molecule has 1 N–H and O–H groups in total. The molecule has 2 aromatic rings. The molecule has 3 rings (SSSR count). The highest BCUT2D eigenvalue weighted by molar-refractivity contribution is 5.79. The molecule has 0 radical (unpaired) electrons. The minimum Gasteiger partial charge on any atom is -0.346 e. The number of H-pyrrole nitrogens is 1. The molecule has 0 aliphatic carbocycles. The van der Waals surface area contributed by atoms with E-state index in [0.717, 1.165) is 29.6 Å². The van der Waals surface area contributed by atoms with Crippen molar-refractivity contribution in [2.45, 2.75) is 25.8 Å². The maximum absolute atomic E-state index is 13.1. The summed E-state index contributed by atoms with van der Waals surface area (Å²) in [6.07, 6.45) is 5.45. The quantitative estimate of drug-likeness (QED) is 0.882. The van der Waals surface area contributed by atoms with Gasteiger partial charge in [0, 0.05) is 24.2 Å². The normalized spacial score (nSPS) is 20.7. The minimum absolute atomic E-state index is 0.268. The Labute approximate surface area is 99.7 Å². The van der Waals surface area contributed by atoms with Gasteiger partial charge in [0.15, 0.2) is 0 Å². The highest BCUT2D eigenvalue weighted by Gasteiger charge is 2.22. The molecule has 0 aromatic carbocycles. The average molecular weight is 233 g/mol. The zero-order valence-electron chi connectivity index (χ0n) is 9.91. The lowest BCUT2D eigenvalue weighted by Gasteiger charge is -2.38. The van der Waals surface area contributed by atoms with E-state index in [-0.39, 0.29) is 5.82 Å². The molecule has 90 valence electrons. The number of halogens is 1. The first-order valence-corrected chi connectivity index (χ1v) is 6.09. The fourth-order valence-electron chi connectivity index (χ4n) is 2.41. The van der Waals surface area contributed by atoms with Crippen molar-refractivity contribution in [3.8, 4) is 0 Å². The van der Waals surface area contributed by atoms with Crippen molar-refractivity contribution in [3.05, 3.63) is 29.8 Å². The number of aromatic nitrogens is 2. The van der Waals surface area contributed by atoms with Crippen molar-refractivity contribution >= 4 is 11.0 Å². The van der Waals surface area contributed by atoms with Crippen LogP contribution in [0.15, 0.2) is 18.5 Å². The van der Waals surface area contributed by atoms with Crippen LogP contribution in [0.1, 0.15) is 18.9 Å². The predicted octanol–water partition coefficient (Wildman–Crippen LogP) is 2.34. The van der Waals surface area contributed by atoms with Gasteiger partial charge in [-0.05, 0) is 37.9 Å². The molecule has 3 nitrogen and oxygen atoms in total. The lowest BCUT2D eigenvalue weighted by Crippen LogP contribution is -2.46. The highest BCUT2D eigenvalue weighted by Crippen LogP contribution is 2.21. The Morgan fingerprint density at radius 3 is 3.18 bits per heavy atom. The third-order valence-corrected chi connectivity index (χ3v) is 3.71. The lowest BCUT2D eigenvalue weighted by atomic mass is 10.0. The van der Waals surface area contributed by atoms with Gasteiger partial charge in [-0.2, -0.15) is 0 Å². The van der Waals surface area contributed by atoms with Crippen molar-refractivity contribution in [1.29, 1.82) is 0 Å². The molecular formula is C13H16FN3. The molecule has 1 aliphatic rings. The second kappa shape index (κ2) is 4.11. The smallest absolute Gasteiger partial charge is 0.142 e. The van der Waals surface area contributed by atoms with Crippen molar-refractivity contribution in [1.82, 2.24) is 14.9 Å². The molecule has 0 spiro atoms. The Kier molecular flexibility index (Phi) is 2.59. The molecule has 1 unspecified atom stereocenters. The van der Waals surface area contributed by atoms with Crippen LogP contribution >= 0.6 is 0 Å². The summed E-state index contributed by atoms with van der Waals surface area (Å²) in [5.74, 6) is -0.268. The molecule has 2 aromatic heterocycles. The first kappa shape index (κ1) is 10.7. The van der Waals surface area contributed by atoms with Crippen molar-refractivity contribution in [3.63, 3.8) is 0 Å². The second-order valence-electron chi connectivity index (χ2n) is 4.79. The van der Waals surface area contributed by atoms with Crippen LogP contribution in [0.25, 0.3) is 11.0 Å². The SMILES string of the molecule is CC1CCN1CCc1c[nH]c2ncc(F)cc12. The molecule has 0 bridgehead atoms. The predicted molar refractivity (Wildman–Crippen MR) is 65.4 cm³/mol. The minimum atomic E-state index is -0.268. The van der Waals surface area contributed by atoms with Crippen molar-refractivity contribution in [2.24, 2.45) is 0 Å². The van der Waals surface area contributed by atoms with E-state index in [9.17, 15) is 4.39 Å². The topological polar surface area (TPSA) is 31.9 Å². The van der Waals surface area contributed by atoms with Crippen LogP contribution in [0.3, 0.4) is 0 Å². The van der Waals surface area contributed by atoms with E-state index < -0.39 is 0 Å². The summed E-state index contributed by atoms with van der Waals surface area (Å²) < 4.78 is 13.1. The number of nitrogens with zero attached hydrogens (tertiary/aromatic N) is 2.